The third kappa shape index (κ3) is 4.43. The van der Waals surface area contributed by atoms with Gasteiger partial charge in [-0.3, -0.25) is 24.8 Å². The van der Waals surface area contributed by atoms with Crippen LogP contribution in [0.25, 0.3) is 0 Å². The van der Waals surface area contributed by atoms with Gasteiger partial charge in [0.1, 0.15) is 12.1 Å². The van der Waals surface area contributed by atoms with Crippen molar-refractivity contribution < 1.29 is 14.0 Å². The van der Waals surface area contributed by atoms with Crippen molar-refractivity contribution in [2.45, 2.75) is 37.4 Å². The predicted octanol–water partition coefficient (Wildman–Crippen LogP) is -0.302. The Morgan fingerprint density at radius 1 is 1.41 bits per heavy atom. The van der Waals surface area contributed by atoms with Crippen molar-refractivity contribution in [2.75, 3.05) is 50.0 Å². The van der Waals surface area contributed by atoms with Crippen LogP contribution in [0, 0.1) is 10.8 Å². The number of nitrogens with zero attached hydrogens (tertiary/aromatic N) is 5. The first kappa shape index (κ1) is 22.5. The molecule has 4 rings (SSSR count). The van der Waals surface area contributed by atoms with Gasteiger partial charge in [-0.2, -0.15) is 0 Å². The average molecular weight is 449 g/mol. The predicted molar refractivity (Wildman–Crippen MR) is 116 cm³/mol. The Balaban J connectivity index is 1.52. The van der Waals surface area contributed by atoms with Gasteiger partial charge in [-0.05, 0) is 19.5 Å². The number of hydrogen-bond donors (Lipinski definition) is 3. The SMILES string of the molecule is CN1CC(F)CNC1C(C(=O)Nc1cnccc1N1CCN2C(=O)CC[C@@H]2C1)C(N)N=O. The zero-order valence-corrected chi connectivity index (χ0v) is 18.0. The molecule has 12 heteroatoms. The molecular weight excluding hydrogens is 419 g/mol. The van der Waals surface area contributed by atoms with Gasteiger partial charge < -0.3 is 20.9 Å². The molecule has 4 unspecified atom stereocenters. The molecule has 0 spiro atoms. The molecule has 1 aromatic rings. The molecule has 1 aromatic heterocycles. The fourth-order valence-corrected chi connectivity index (χ4v) is 4.91. The normalized spacial score (nSPS) is 28.2. The van der Waals surface area contributed by atoms with Gasteiger partial charge in [-0.25, -0.2) is 4.39 Å². The Labute approximate surface area is 185 Å². The van der Waals surface area contributed by atoms with E-state index in [1.807, 2.05) is 11.0 Å². The molecule has 3 aliphatic heterocycles. The highest BCUT2D eigenvalue weighted by Gasteiger charge is 2.41. The third-order valence-corrected chi connectivity index (χ3v) is 6.53. The number of nitroso groups, excluding NO2 is 1. The second-order valence-corrected chi connectivity index (χ2v) is 8.62. The summed E-state index contributed by atoms with van der Waals surface area (Å²) in [5, 5.41) is 8.69. The van der Waals surface area contributed by atoms with Gasteiger partial charge in [-0.1, -0.05) is 5.18 Å². The molecule has 0 radical (unpaired) electrons. The Hall–Kier alpha value is -2.70. The minimum absolute atomic E-state index is 0.0624. The van der Waals surface area contributed by atoms with E-state index < -0.39 is 30.3 Å². The van der Waals surface area contributed by atoms with E-state index in [1.165, 1.54) is 0 Å². The lowest BCUT2D eigenvalue weighted by molar-refractivity contribution is -0.129. The van der Waals surface area contributed by atoms with Crippen LogP contribution in [-0.2, 0) is 9.59 Å². The van der Waals surface area contributed by atoms with Gasteiger partial charge >= 0.3 is 0 Å². The number of fused-ring (bicyclic) bond motifs is 1. The van der Waals surface area contributed by atoms with Crippen molar-refractivity contribution in [3.05, 3.63) is 23.4 Å². The fourth-order valence-electron chi connectivity index (χ4n) is 4.91. The van der Waals surface area contributed by atoms with E-state index >= 15 is 0 Å². The molecule has 32 heavy (non-hydrogen) atoms. The van der Waals surface area contributed by atoms with Crippen molar-refractivity contribution in [2.24, 2.45) is 16.8 Å². The molecule has 0 aliphatic carbocycles. The maximum Gasteiger partial charge on any atom is 0.234 e. The number of aromatic nitrogens is 1. The number of rotatable bonds is 6. The summed E-state index contributed by atoms with van der Waals surface area (Å²) < 4.78 is 13.7. The summed E-state index contributed by atoms with van der Waals surface area (Å²) in [6.07, 6.45) is 1.56. The fraction of sp³-hybridized carbons (Fsp3) is 0.650. The van der Waals surface area contributed by atoms with Crippen LogP contribution in [0.5, 0.6) is 0 Å². The summed E-state index contributed by atoms with van der Waals surface area (Å²) in [6.45, 7) is 2.12. The van der Waals surface area contributed by atoms with E-state index in [4.69, 9.17) is 5.73 Å². The maximum atomic E-state index is 13.7. The molecule has 4 N–H and O–H groups in total. The summed E-state index contributed by atoms with van der Waals surface area (Å²) in [6, 6.07) is 1.97. The first-order chi connectivity index (χ1) is 15.4. The van der Waals surface area contributed by atoms with Crippen LogP contribution < -0.4 is 21.3 Å². The van der Waals surface area contributed by atoms with Crippen molar-refractivity contribution in [1.29, 1.82) is 0 Å². The highest BCUT2D eigenvalue weighted by molar-refractivity contribution is 5.96. The van der Waals surface area contributed by atoms with Crippen molar-refractivity contribution in [1.82, 2.24) is 20.1 Å². The van der Waals surface area contributed by atoms with Gasteiger partial charge in [0.25, 0.3) is 0 Å². The zero-order chi connectivity index (χ0) is 22.8. The van der Waals surface area contributed by atoms with E-state index in [0.29, 0.717) is 31.7 Å². The van der Waals surface area contributed by atoms with E-state index in [0.717, 1.165) is 12.1 Å². The first-order valence-electron chi connectivity index (χ1n) is 10.8. The number of alkyl halides is 1. The quantitative estimate of drug-likeness (QED) is 0.505. The van der Waals surface area contributed by atoms with E-state index in [1.54, 1.807) is 24.3 Å². The molecule has 3 aliphatic rings. The van der Waals surface area contributed by atoms with E-state index in [2.05, 4.69) is 25.7 Å². The molecule has 2 amide bonds. The summed E-state index contributed by atoms with van der Waals surface area (Å²) in [5.41, 5.74) is 7.16. The Morgan fingerprint density at radius 2 is 2.22 bits per heavy atom. The molecule has 5 atom stereocenters. The highest BCUT2D eigenvalue weighted by Crippen LogP contribution is 2.31. The minimum Gasteiger partial charge on any atom is -0.366 e. The number of halogens is 1. The van der Waals surface area contributed by atoms with Gasteiger partial charge in [0.2, 0.25) is 11.8 Å². The number of carbonyl (C=O) groups is 2. The summed E-state index contributed by atoms with van der Waals surface area (Å²) >= 11 is 0. The zero-order valence-electron chi connectivity index (χ0n) is 18.0. The number of nitrogens with two attached hydrogens (primary N) is 1. The monoisotopic (exact) mass is 448 g/mol. The second kappa shape index (κ2) is 9.43. The third-order valence-electron chi connectivity index (χ3n) is 6.53. The number of carbonyl (C=O) groups excluding carboxylic acids is 2. The standard InChI is InChI=1S/C20H29FN8O3/c1-27-10-12(21)8-24-19(27)17(18(22)26-32)20(31)25-14-9-23-5-4-15(14)28-6-7-29-13(11-28)2-3-16(29)30/h4-5,9,12-13,17-19,24H,2-3,6-8,10-11,22H2,1H3,(H,25,31)/t12?,13-,17?,18?,19?/m1/s1. The van der Waals surface area contributed by atoms with Crippen LogP contribution in [0.2, 0.25) is 0 Å². The number of pyridine rings is 1. The van der Waals surface area contributed by atoms with Crippen LogP contribution in [0.1, 0.15) is 12.8 Å². The summed E-state index contributed by atoms with van der Waals surface area (Å²) in [5.74, 6) is -1.33. The number of amides is 2. The van der Waals surface area contributed by atoms with Crippen molar-refractivity contribution in [3.63, 3.8) is 0 Å². The van der Waals surface area contributed by atoms with Gasteiger partial charge in [-0.15, -0.1) is 4.91 Å². The molecular formula is C20H29FN8O3. The average Bonchev–Trinajstić information content (AvgIpc) is 3.15. The molecule has 174 valence electrons. The lowest BCUT2D eigenvalue weighted by atomic mass is 9.98. The number of nitrogens with one attached hydrogen (secondary N) is 2. The van der Waals surface area contributed by atoms with Crippen LogP contribution >= 0.6 is 0 Å². The first-order valence-corrected chi connectivity index (χ1v) is 10.8. The Bertz CT molecular complexity index is 873. The molecule has 3 saturated heterocycles. The topological polar surface area (TPSA) is 136 Å². The largest absolute Gasteiger partial charge is 0.366 e. The molecule has 4 heterocycles. The van der Waals surface area contributed by atoms with Gasteiger partial charge in [0.15, 0.2) is 6.17 Å². The smallest absolute Gasteiger partial charge is 0.234 e. The van der Waals surface area contributed by atoms with E-state index in [-0.39, 0.29) is 25.0 Å². The number of anilines is 2. The van der Waals surface area contributed by atoms with E-state index in [9.17, 15) is 18.9 Å². The Kier molecular flexibility index (Phi) is 6.63. The van der Waals surface area contributed by atoms with Crippen LogP contribution in [-0.4, -0.2) is 90.9 Å². The van der Waals surface area contributed by atoms with Crippen LogP contribution in [0.4, 0.5) is 15.8 Å². The van der Waals surface area contributed by atoms with Crippen molar-refractivity contribution >= 4 is 23.2 Å². The maximum absolute atomic E-state index is 13.7. The van der Waals surface area contributed by atoms with Crippen LogP contribution in [0.15, 0.2) is 23.6 Å². The summed E-state index contributed by atoms with van der Waals surface area (Å²) in [4.78, 5) is 46.3. The van der Waals surface area contributed by atoms with Crippen LogP contribution in [0.3, 0.4) is 0 Å². The van der Waals surface area contributed by atoms with Gasteiger partial charge in [0.05, 0.1) is 23.7 Å². The molecule has 3 fully saturated rings. The molecule has 0 bridgehead atoms. The second-order valence-electron chi connectivity index (χ2n) is 8.62. The number of piperazine rings is 1. The lowest BCUT2D eigenvalue weighted by Gasteiger charge is -2.40. The number of hydrogen-bond acceptors (Lipinski definition) is 9. The summed E-state index contributed by atoms with van der Waals surface area (Å²) in [7, 11) is 1.67. The highest BCUT2D eigenvalue weighted by atomic mass is 19.1. The molecule has 0 saturated carbocycles. The lowest BCUT2D eigenvalue weighted by Crippen LogP contribution is -2.62. The van der Waals surface area contributed by atoms with Gasteiger partial charge in [0, 0.05) is 51.4 Å². The molecule has 0 aromatic carbocycles. The molecule has 11 nitrogen and oxygen atoms in total. The van der Waals surface area contributed by atoms with Crippen molar-refractivity contribution in [3.8, 4) is 0 Å². The minimum atomic E-state index is -1.31. The Morgan fingerprint density at radius 3 is 2.97 bits per heavy atom.